The van der Waals surface area contributed by atoms with Gasteiger partial charge in [0, 0.05) is 23.6 Å². The maximum Gasteiger partial charge on any atom is 0.180 e. The maximum atomic E-state index is 14.8. The Morgan fingerprint density at radius 1 is 1.07 bits per heavy atom. The average molecular weight is 399 g/mol. The van der Waals surface area contributed by atoms with Crippen LogP contribution in [0.25, 0.3) is 33.2 Å². The van der Waals surface area contributed by atoms with E-state index >= 15 is 0 Å². The van der Waals surface area contributed by atoms with Gasteiger partial charge in [0.1, 0.15) is 17.3 Å². The minimum atomic E-state index is -0.338. The first-order valence-electron chi connectivity index (χ1n) is 9.85. The minimum absolute atomic E-state index is 0.0734. The summed E-state index contributed by atoms with van der Waals surface area (Å²) in [6, 6.07) is 14.0. The number of aromatic nitrogens is 2. The molecule has 4 nitrogen and oxygen atoms in total. The first kappa shape index (κ1) is 19.7. The molecule has 150 valence electrons. The van der Waals surface area contributed by atoms with Gasteiger partial charge in [0.05, 0.1) is 5.52 Å². The minimum Gasteiger partial charge on any atom is -0.384 e. The van der Waals surface area contributed by atoms with Crippen LogP contribution in [0.15, 0.2) is 54.7 Å². The van der Waals surface area contributed by atoms with Crippen LogP contribution in [0.5, 0.6) is 0 Å². The number of nitrogen functional groups attached to an aromatic ring is 1. The molecular weight excluding hydrogens is 377 g/mol. The lowest BCUT2D eigenvalue weighted by molar-refractivity contribution is 0.0984. The Kier molecular flexibility index (Phi) is 5.04. The number of hydrogen-bond donors (Lipinski definition) is 1. The number of benzene rings is 2. The van der Waals surface area contributed by atoms with Gasteiger partial charge in [0.15, 0.2) is 5.78 Å². The number of ketones is 1. The monoisotopic (exact) mass is 399 g/mol. The Labute approximate surface area is 174 Å². The number of halogens is 1. The van der Waals surface area contributed by atoms with Gasteiger partial charge in [-0.1, -0.05) is 25.1 Å². The summed E-state index contributed by atoms with van der Waals surface area (Å²) in [5.41, 5.74) is 11.9. The highest BCUT2D eigenvalue weighted by Crippen LogP contribution is 2.39. The Balaban J connectivity index is 2.13. The van der Waals surface area contributed by atoms with Gasteiger partial charge in [-0.3, -0.25) is 4.79 Å². The molecule has 2 N–H and O–H groups in total. The van der Waals surface area contributed by atoms with Crippen molar-refractivity contribution in [2.45, 2.75) is 27.2 Å². The fraction of sp³-hybridized carbons (Fsp3) is 0.160. The number of carbonyl (C=O) groups is 1. The standard InChI is InChI=1S/C25H22FN3O/c1-4-22(30)20-13-18(17-7-5-6-8-19(17)26)25-15(3)24(14(2)11-21(25)29-20)16-9-10-28-23(27)12-16/h5-13H,4H2,1-3H3,(H2,27,28). The van der Waals surface area contributed by atoms with Gasteiger partial charge in [0.25, 0.3) is 0 Å². The number of carbonyl (C=O) groups excluding carboxylic acids is 1. The molecule has 0 unspecified atom stereocenters. The third-order valence-electron chi connectivity index (χ3n) is 5.39. The number of Topliss-reactive ketones (excluding diaryl/α,β-unsaturated/α-hetero) is 1. The van der Waals surface area contributed by atoms with Crippen LogP contribution in [0, 0.1) is 19.7 Å². The molecule has 4 aromatic rings. The summed E-state index contributed by atoms with van der Waals surface area (Å²) in [7, 11) is 0. The summed E-state index contributed by atoms with van der Waals surface area (Å²) in [4.78, 5) is 21.2. The molecule has 0 amide bonds. The number of hydrogen-bond acceptors (Lipinski definition) is 4. The number of fused-ring (bicyclic) bond motifs is 1. The Morgan fingerprint density at radius 2 is 1.83 bits per heavy atom. The van der Waals surface area contributed by atoms with E-state index in [1.54, 1.807) is 37.4 Å². The van der Waals surface area contributed by atoms with Crippen molar-refractivity contribution >= 4 is 22.5 Å². The topological polar surface area (TPSA) is 68.9 Å². The number of nitrogens with zero attached hydrogens (tertiary/aromatic N) is 2. The molecule has 0 atom stereocenters. The predicted molar refractivity (Wildman–Crippen MR) is 119 cm³/mol. The highest BCUT2D eigenvalue weighted by Gasteiger charge is 2.19. The van der Waals surface area contributed by atoms with E-state index in [1.165, 1.54) is 6.07 Å². The Hall–Kier alpha value is -3.60. The van der Waals surface area contributed by atoms with E-state index in [-0.39, 0.29) is 11.6 Å². The lowest BCUT2D eigenvalue weighted by Crippen LogP contribution is -2.04. The lowest BCUT2D eigenvalue weighted by atomic mass is 9.88. The van der Waals surface area contributed by atoms with E-state index in [4.69, 9.17) is 5.73 Å². The molecule has 2 aromatic heterocycles. The second-order valence-corrected chi connectivity index (χ2v) is 7.37. The molecule has 2 aromatic carbocycles. The summed E-state index contributed by atoms with van der Waals surface area (Å²) < 4.78 is 14.8. The van der Waals surface area contributed by atoms with Gasteiger partial charge < -0.3 is 5.73 Å². The second kappa shape index (κ2) is 7.67. The van der Waals surface area contributed by atoms with Crippen molar-refractivity contribution in [3.05, 3.63) is 77.4 Å². The van der Waals surface area contributed by atoms with E-state index in [9.17, 15) is 9.18 Å². The molecule has 0 aliphatic rings. The van der Waals surface area contributed by atoms with Gasteiger partial charge in [0.2, 0.25) is 0 Å². The third-order valence-corrected chi connectivity index (χ3v) is 5.39. The number of nitrogens with two attached hydrogens (primary N) is 1. The van der Waals surface area contributed by atoms with Crippen LogP contribution in [-0.2, 0) is 0 Å². The smallest absolute Gasteiger partial charge is 0.180 e. The van der Waals surface area contributed by atoms with Crippen LogP contribution in [0.3, 0.4) is 0 Å². The molecule has 0 aliphatic heterocycles. The SMILES string of the molecule is CCC(=O)c1cc(-c2ccccc2F)c2c(C)c(-c3ccnc(N)c3)c(C)cc2n1. The molecule has 2 heterocycles. The molecule has 0 saturated heterocycles. The Morgan fingerprint density at radius 3 is 2.53 bits per heavy atom. The highest BCUT2D eigenvalue weighted by molar-refractivity contribution is 6.05. The molecule has 0 bridgehead atoms. The lowest BCUT2D eigenvalue weighted by Gasteiger charge is -2.18. The summed E-state index contributed by atoms with van der Waals surface area (Å²) in [5, 5.41) is 0.823. The summed E-state index contributed by atoms with van der Waals surface area (Å²) >= 11 is 0. The Bertz CT molecular complexity index is 1300. The molecule has 4 rings (SSSR count). The molecule has 0 spiro atoms. The zero-order valence-corrected chi connectivity index (χ0v) is 17.2. The van der Waals surface area contributed by atoms with E-state index in [0.29, 0.717) is 34.6 Å². The van der Waals surface area contributed by atoms with Crippen molar-refractivity contribution in [3.63, 3.8) is 0 Å². The van der Waals surface area contributed by atoms with E-state index in [1.807, 2.05) is 32.0 Å². The third kappa shape index (κ3) is 3.32. The van der Waals surface area contributed by atoms with Gasteiger partial charge >= 0.3 is 0 Å². The van der Waals surface area contributed by atoms with Gasteiger partial charge in [-0.15, -0.1) is 0 Å². The fourth-order valence-corrected chi connectivity index (χ4v) is 4.03. The number of anilines is 1. The normalized spacial score (nSPS) is 11.1. The number of aryl methyl sites for hydroxylation is 2. The van der Waals surface area contributed by atoms with Crippen LogP contribution >= 0.6 is 0 Å². The molecule has 5 heteroatoms. The summed E-state index contributed by atoms with van der Waals surface area (Å²) in [6.45, 7) is 5.79. The van der Waals surface area contributed by atoms with Gasteiger partial charge in [-0.2, -0.15) is 0 Å². The number of rotatable bonds is 4. The first-order chi connectivity index (χ1) is 14.4. The molecule has 0 radical (unpaired) electrons. The summed E-state index contributed by atoms with van der Waals surface area (Å²) in [5.74, 6) is 0.0214. The summed E-state index contributed by atoms with van der Waals surface area (Å²) in [6.07, 6.45) is 2.01. The zero-order chi connectivity index (χ0) is 21.4. The van der Waals surface area contributed by atoms with Gasteiger partial charge in [-0.25, -0.2) is 14.4 Å². The van der Waals surface area contributed by atoms with Crippen molar-refractivity contribution in [3.8, 4) is 22.3 Å². The molecule has 0 fully saturated rings. The predicted octanol–water partition coefficient (Wildman–Crippen LogP) is 5.89. The molecular formula is C25H22FN3O. The van der Waals surface area contributed by atoms with Crippen molar-refractivity contribution in [2.75, 3.05) is 5.73 Å². The first-order valence-corrected chi connectivity index (χ1v) is 9.85. The van der Waals surface area contributed by atoms with E-state index in [2.05, 4.69) is 9.97 Å². The molecule has 0 saturated carbocycles. The van der Waals surface area contributed by atoms with Crippen LogP contribution in [0.1, 0.15) is 35.0 Å². The fourth-order valence-electron chi connectivity index (χ4n) is 4.03. The quantitative estimate of drug-likeness (QED) is 0.434. The largest absolute Gasteiger partial charge is 0.384 e. The maximum absolute atomic E-state index is 14.8. The van der Waals surface area contributed by atoms with Crippen LogP contribution in [0.2, 0.25) is 0 Å². The van der Waals surface area contributed by atoms with E-state index < -0.39 is 0 Å². The number of pyridine rings is 2. The molecule has 30 heavy (non-hydrogen) atoms. The zero-order valence-electron chi connectivity index (χ0n) is 17.2. The van der Waals surface area contributed by atoms with E-state index in [0.717, 1.165) is 27.6 Å². The van der Waals surface area contributed by atoms with Crippen LogP contribution in [0.4, 0.5) is 10.2 Å². The van der Waals surface area contributed by atoms with Crippen molar-refractivity contribution < 1.29 is 9.18 Å². The van der Waals surface area contributed by atoms with Crippen molar-refractivity contribution in [1.29, 1.82) is 0 Å². The van der Waals surface area contributed by atoms with Crippen molar-refractivity contribution in [2.24, 2.45) is 0 Å². The van der Waals surface area contributed by atoms with Crippen molar-refractivity contribution in [1.82, 2.24) is 9.97 Å². The van der Waals surface area contributed by atoms with Gasteiger partial charge in [-0.05, 0) is 72.0 Å². The average Bonchev–Trinajstić information content (AvgIpc) is 2.72. The van der Waals surface area contributed by atoms with Crippen LogP contribution in [-0.4, -0.2) is 15.8 Å². The second-order valence-electron chi connectivity index (χ2n) is 7.37. The highest BCUT2D eigenvalue weighted by atomic mass is 19.1. The molecule has 0 aliphatic carbocycles. The van der Waals surface area contributed by atoms with Crippen LogP contribution < -0.4 is 5.73 Å².